The van der Waals surface area contributed by atoms with Crippen LogP contribution in [0, 0.1) is 24.0 Å². The summed E-state index contributed by atoms with van der Waals surface area (Å²) in [5, 5.41) is 26.8. The zero-order chi connectivity index (χ0) is 19.3. The van der Waals surface area contributed by atoms with Crippen LogP contribution in [0.25, 0.3) is 0 Å². The average Bonchev–Trinajstić information content (AvgIpc) is 3.08. The van der Waals surface area contributed by atoms with Crippen LogP contribution < -0.4 is 5.32 Å². The number of nitro groups is 1. The SMILES string of the molecule is C=CCNC(=O)CSc1nnc(CCn2nc(C)c([N+](=O)[O-])c2C)n1C. The van der Waals surface area contributed by atoms with Gasteiger partial charge in [0.15, 0.2) is 5.16 Å². The second-order valence-corrected chi connectivity index (χ2v) is 6.53. The Balaban J connectivity index is 1.98. The molecule has 0 fully saturated rings. The first kappa shape index (κ1) is 19.6. The number of nitrogens with zero attached hydrogens (tertiary/aromatic N) is 6. The maximum absolute atomic E-state index is 11.6. The molecule has 1 amide bonds. The van der Waals surface area contributed by atoms with Crippen LogP contribution in [0.5, 0.6) is 0 Å². The summed E-state index contributed by atoms with van der Waals surface area (Å²) in [7, 11) is 1.82. The molecular weight excluding hydrogens is 358 g/mol. The lowest BCUT2D eigenvalue weighted by molar-refractivity contribution is -0.386. The highest BCUT2D eigenvalue weighted by molar-refractivity contribution is 7.99. The van der Waals surface area contributed by atoms with Crippen LogP contribution >= 0.6 is 11.8 Å². The van der Waals surface area contributed by atoms with Gasteiger partial charge in [-0.3, -0.25) is 19.6 Å². The molecule has 1 N–H and O–H groups in total. The molecule has 0 saturated carbocycles. The van der Waals surface area contributed by atoms with Crippen LogP contribution in [0.15, 0.2) is 17.8 Å². The minimum Gasteiger partial charge on any atom is -0.352 e. The van der Waals surface area contributed by atoms with E-state index in [1.807, 2.05) is 11.6 Å². The van der Waals surface area contributed by atoms with E-state index >= 15 is 0 Å². The molecule has 0 aliphatic rings. The van der Waals surface area contributed by atoms with Gasteiger partial charge in [-0.1, -0.05) is 17.8 Å². The normalized spacial score (nSPS) is 10.7. The number of aromatic nitrogens is 5. The third-order valence-corrected chi connectivity index (χ3v) is 4.79. The number of amides is 1. The van der Waals surface area contributed by atoms with Gasteiger partial charge in [-0.25, -0.2) is 0 Å². The van der Waals surface area contributed by atoms with E-state index in [4.69, 9.17) is 0 Å². The van der Waals surface area contributed by atoms with E-state index in [0.29, 0.717) is 41.9 Å². The topological polar surface area (TPSA) is 121 Å². The van der Waals surface area contributed by atoms with E-state index < -0.39 is 4.92 Å². The first-order chi connectivity index (χ1) is 12.3. The lowest BCUT2D eigenvalue weighted by Crippen LogP contribution is -2.25. The van der Waals surface area contributed by atoms with Gasteiger partial charge < -0.3 is 9.88 Å². The molecule has 0 saturated heterocycles. The molecule has 26 heavy (non-hydrogen) atoms. The van der Waals surface area contributed by atoms with E-state index in [0.717, 1.165) is 0 Å². The Bertz CT molecular complexity index is 828. The predicted molar refractivity (Wildman–Crippen MR) is 97.0 cm³/mol. The molecule has 2 aromatic heterocycles. The minimum atomic E-state index is -0.414. The van der Waals surface area contributed by atoms with Gasteiger partial charge in [0, 0.05) is 26.6 Å². The molecule has 0 bridgehead atoms. The van der Waals surface area contributed by atoms with Crippen LogP contribution in [-0.4, -0.2) is 47.7 Å². The molecular formula is C15H21N7O3S. The van der Waals surface area contributed by atoms with Crippen molar-refractivity contribution in [2.75, 3.05) is 12.3 Å². The quantitative estimate of drug-likeness (QED) is 0.300. The molecule has 2 aromatic rings. The zero-order valence-corrected chi connectivity index (χ0v) is 15.7. The Hall–Kier alpha value is -2.69. The van der Waals surface area contributed by atoms with E-state index in [-0.39, 0.29) is 17.3 Å². The van der Waals surface area contributed by atoms with Crippen LogP contribution in [0.2, 0.25) is 0 Å². The fraction of sp³-hybridized carbons (Fsp3) is 0.467. The first-order valence-corrected chi connectivity index (χ1v) is 8.90. The Labute approximate surface area is 154 Å². The Morgan fingerprint density at radius 2 is 2.15 bits per heavy atom. The molecule has 10 nitrogen and oxygen atoms in total. The van der Waals surface area contributed by atoms with Crippen molar-refractivity contribution < 1.29 is 9.72 Å². The summed E-state index contributed by atoms with van der Waals surface area (Å²) in [4.78, 5) is 22.3. The van der Waals surface area contributed by atoms with Crippen molar-refractivity contribution in [2.45, 2.75) is 32.0 Å². The van der Waals surface area contributed by atoms with Crippen molar-refractivity contribution in [3.05, 3.63) is 40.0 Å². The third kappa shape index (κ3) is 4.48. The Morgan fingerprint density at radius 1 is 1.42 bits per heavy atom. The van der Waals surface area contributed by atoms with Gasteiger partial charge in [-0.15, -0.1) is 16.8 Å². The molecule has 0 unspecified atom stereocenters. The van der Waals surface area contributed by atoms with Gasteiger partial charge in [0.1, 0.15) is 17.2 Å². The minimum absolute atomic E-state index is 0.0461. The highest BCUT2D eigenvalue weighted by atomic mass is 32.2. The van der Waals surface area contributed by atoms with E-state index in [1.165, 1.54) is 11.8 Å². The summed E-state index contributed by atoms with van der Waals surface area (Å²) < 4.78 is 3.42. The van der Waals surface area contributed by atoms with Crippen molar-refractivity contribution in [3.63, 3.8) is 0 Å². The molecule has 0 aliphatic carbocycles. The number of hydrogen-bond acceptors (Lipinski definition) is 7. The molecule has 2 rings (SSSR count). The summed E-state index contributed by atoms with van der Waals surface area (Å²) in [6.07, 6.45) is 2.14. The van der Waals surface area contributed by atoms with Gasteiger partial charge in [0.2, 0.25) is 5.91 Å². The molecule has 0 radical (unpaired) electrons. The molecule has 0 atom stereocenters. The lowest BCUT2D eigenvalue weighted by Gasteiger charge is -2.05. The van der Waals surface area contributed by atoms with Crippen molar-refractivity contribution in [1.82, 2.24) is 29.9 Å². The van der Waals surface area contributed by atoms with Crippen LogP contribution in [-0.2, 0) is 24.8 Å². The van der Waals surface area contributed by atoms with E-state index in [9.17, 15) is 14.9 Å². The molecule has 0 aliphatic heterocycles. The highest BCUT2D eigenvalue weighted by Crippen LogP contribution is 2.22. The average molecular weight is 379 g/mol. The number of thioether (sulfide) groups is 1. The number of carbonyl (C=O) groups is 1. The molecule has 0 aromatic carbocycles. The summed E-state index contributed by atoms with van der Waals surface area (Å²) in [5.74, 6) is 0.854. The summed E-state index contributed by atoms with van der Waals surface area (Å²) >= 11 is 1.29. The van der Waals surface area contributed by atoms with Gasteiger partial charge in [0.05, 0.1) is 10.7 Å². The van der Waals surface area contributed by atoms with Crippen LogP contribution in [0.4, 0.5) is 5.69 Å². The maximum Gasteiger partial charge on any atom is 0.312 e. The van der Waals surface area contributed by atoms with E-state index in [2.05, 4.69) is 27.2 Å². The molecule has 11 heteroatoms. The standard InChI is InChI=1S/C15H21N7O3S/c1-5-7-16-13(23)9-26-15-18-17-12(20(15)4)6-8-21-11(3)14(22(24)25)10(2)19-21/h5H,1,6-9H2,2-4H3,(H,16,23). The fourth-order valence-corrected chi connectivity index (χ4v) is 3.19. The molecule has 0 spiro atoms. The van der Waals surface area contributed by atoms with Gasteiger partial charge in [-0.05, 0) is 13.8 Å². The molecule has 2 heterocycles. The van der Waals surface area contributed by atoms with Crippen LogP contribution in [0.1, 0.15) is 17.2 Å². The monoisotopic (exact) mass is 379 g/mol. The second kappa shape index (κ2) is 8.61. The fourth-order valence-electron chi connectivity index (χ4n) is 2.43. The summed E-state index contributed by atoms with van der Waals surface area (Å²) in [5.41, 5.74) is 0.958. The molecule has 140 valence electrons. The lowest BCUT2D eigenvalue weighted by atomic mass is 10.3. The number of nitrogens with one attached hydrogen (secondary N) is 1. The number of aryl methyl sites for hydroxylation is 3. The second-order valence-electron chi connectivity index (χ2n) is 5.59. The number of rotatable bonds is 9. The van der Waals surface area contributed by atoms with Crippen molar-refractivity contribution in [2.24, 2.45) is 7.05 Å². The van der Waals surface area contributed by atoms with Crippen molar-refractivity contribution >= 4 is 23.4 Å². The number of carbonyl (C=O) groups excluding carboxylic acids is 1. The van der Waals surface area contributed by atoms with E-state index in [1.54, 1.807) is 24.6 Å². The largest absolute Gasteiger partial charge is 0.352 e. The smallest absolute Gasteiger partial charge is 0.312 e. The van der Waals surface area contributed by atoms with Gasteiger partial charge in [0.25, 0.3) is 0 Å². The third-order valence-electron chi connectivity index (χ3n) is 3.77. The predicted octanol–water partition coefficient (Wildman–Crippen LogP) is 1.17. The van der Waals surface area contributed by atoms with Gasteiger partial charge >= 0.3 is 5.69 Å². The first-order valence-electron chi connectivity index (χ1n) is 7.92. The highest BCUT2D eigenvalue weighted by Gasteiger charge is 2.22. The van der Waals surface area contributed by atoms with Crippen molar-refractivity contribution in [1.29, 1.82) is 0 Å². The number of hydrogen-bond donors (Lipinski definition) is 1. The van der Waals surface area contributed by atoms with Crippen molar-refractivity contribution in [3.8, 4) is 0 Å². The zero-order valence-electron chi connectivity index (χ0n) is 14.9. The summed E-state index contributed by atoms with van der Waals surface area (Å²) in [6.45, 7) is 7.73. The van der Waals surface area contributed by atoms with Crippen LogP contribution in [0.3, 0.4) is 0 Å². The maximum atomic E-state index is 11.6. The summed E-state index contributed by atoms with van der Waals surface area (Å²) in [6, 6.07) is 0. The Morgan fingerprint density at radius 3 is 2.77 bits per heavy atom. The van der Waals surface area contributed by atoms with Gasteiger partial charge in [-0.2, -0.15) is 5.10 Å². The Kier molecular flexibility index (Phi) is 6.50.